The molecule has 0 saturated carbocycles. The molecule has 1 heterocycles. The Labute approximate surface area is 74.0 Å². The molecule has 0 radical (unpaired) electrons. The van der Waals surface area contributed by atoms with Crippen molar-refractivity contribution in [3.8, 4) is 0 Å². The molecule has 2 unspecified atom stereocenters. The number of hydrogen-bond acceptors (Lipinski definition) is 4. The van der Waals surface area contributed by atoms with Crippen molar-refractivity contribution < 1.29 is 14.4 Å². The zero-order chi connectivity index (χ0) is 10.0. The van der Waals surface area contributed by atoms with E-state index in [0.29, 0.717) is 0 Å². The number of nitrogens with two attached hydrogens (primary N) is 1. The van der Waals surface area contributed by atoms with Gasteiger partial charge < -0.3 is 16.4 Å². The highest BCUT2D eigenvalue weighted by atomic mass is 16.2. The second-order valence-electron chi connectivity index (χ2n) is 2.67. The van der Waals surface area contributed by atoms with Gasteiger partial charge in [-0.25, -0.2) is 4.79 Å². The second-order valence-corrected chi connectivity index (χ2v) is 2.67. The number of carbonyl (C=O) groups is 3. The van der Waals surface area contributed by atoms with Gasteiger partial charge in [-0.1, -0.05) is 0 Å². The predicted molar refractivity (Wildman–Crippen MR) is 42.3 cm³/mol. The summed E-state index contributed by atoms with van der Waals surface area (Å²) in [5.41, 5.74) is 5.40. The molecular weight excluding hydrogens is 176 g/mol. The highest BCUT2D eigenvalue weighted by Gasteiger charge is 2.33. The number of carbonyl (C=O) groups excluding carboxylic acids is 3. The van der Waals surface area contributed by atoms with E-state index in [0.717, 1.165) is 0 Å². The van der Waals surface area contributed by atoms with E-state index in [1.807, 2.05) is 5.32 Å². The van der Waals surface area contributed by atoms with E-state index < -0.39 is 24.1 Å². The van der Waals surface area contributed by atoms with E-state index in [9.17, 15) is 14.4 Å². The molecule has 0 spiro atoms. The number of hydrogen-bond donors (Lipinski definition) is 4. The van der Waals surface area contributed by atoms with E-state index in [-0.39, 0.29) is 5.91 Å². The molecule has 0 aromatic heterocycles. The van der Waals surface area contributed by atoms with Crippen LogP contribution in [0.4, 0.5) is 4.79 Å². The smallest absolute Gasteiger partial charge is 0.322 e. The summed E-state index contributed by atoms with van der Waals surface area (Å²) in [5, 5.41) is 6.55. The molecule has 7 nitrogen and oxygen atoms in total. The van der Waals surface area contributed by atoms with Gasteiger partial charge in [0.2, 0.25) is 5.91 Å². The molecule has 5 N–H and O–H groups in total. The van der Waals surface area contributed by atoms with Crippen LogP contribution in [0.2, 0.25) is 0 Å². The van der Waals surface area contributed by atoms with Gasteiger partial charge in [-0.05, 0) is 0 Å². The minimum atomic E-state index is -0.907. The number of amides is 4. The summed E-state index contributed by atoms with van der Waals surface area (Å²) >= 11 is 0. The van der Waals surface area contributed by atoms with Crippen LogP contribution in [0.15, 0.2) is 0 Å². The van der Waals surface area contributed by atoms with E-state index in [1.54, 1.807) is 0 Å². The Morgan fingerprint density at radius 1 is 1.54 bits per heavy atom. The predicted octanol–water partition coefficient (Wildman–Crippen LogP) is -2.38. The monoisotopic (exact) mass is 186 g/mol. The van der Waals surface area contributed by atoms with Gasteiger partial charge >= 0.3 is 6.03 Å². The lowest BCUT2D eigenvalue weighted by atomic mass is 10.2. The Morgan fingerprint density at radius 3 is 2.62 bits per heavy atom. The topological polar surface area (TPSA) is 113 Å². The lowest BCUT2D eigenvalue weighted by Gasteiger charge is -2.28. The first kappa shape index (κ1) is 9.46. The number of nitrogens with one attached hydrogen (secondary N) is 3. The molecular formula is C6H10N4O3. The Bertz CT molecular complexity index is 265. The molecule has 1 aliphatic heterocycles. The molecule has 72 valence electrons. The van der Waals surface area contributed by atoms with Crippen LogP contribution in [0.1, 0.15) is 6.92 Å². The Morgan fingerprint density at radius 2 is 2.15 bits per heavy atom. The van der Waals surface area contributed by atoms with Crippen LogP contribution >= 0.6 is 0 Å². The molecule has 0 aliphatic carbocycles. The molecule has 4 amide bonds. The molecule has 0 aromatic carbocycles. The van der Waals surface area contributed by atoms with Crippen molar-refractivity contribution in [1.82, 2.24) is 16.0 Å². The fourth-order valence-electron chi connectivity index (χ4n) is 0.998. The SMILES string of the molecule is CC(=O)NC1C(=O)NC(=O)NC1N. The third-order valence-corrected chi connectivity index (χ3v) is 1.53. The fraction of sp³-hybridized carbons (Fsp3) is 0.500. The van der Waals surface area contributed by atoms with Gasteiger partial charge in [-0.2, -0.15) is 0 Å². The van der Waals surface area contributed by atoms with E-state index >= 15 is 0 Å². The minimum Gasteiger partial charge on any atom is -0.342 e. The quantitative estimate of drug-likeness (QED) is 0.366. The number of rotatable bonds is 1. The van der Waals surface area contributed by atoms with Gasteiger partial charge in [-0.15, -0.1) is 0 Å². The largest absolute Gasteiger partial charge is 0.342 e. The first-order chi connectivity index (χ1) is 6.00. The summed E-state index contributed by atoms with van der Waals surface area (Å²) in [7, 11) is 0. The summed E-state index contributed by atoms with van der Waals surface area (Å²) in [6, 6.07) is -1.56. The van der Waals surface area contributed by atoms with Crippen LogP contribution < -0.4 is 21.7 Å². The van der Waals surface area contributed by atoms with Gasteiger partial charge in [0.05, 0.1) is 0 Å². The molecule has 0 aromatic rings. The van der Waals surface area contributed by atoms with Crippen molar-refractivity contribution in [1.29, 1.82) is 0 Å². The zero-order valence-electron chi connectivity index (χ0n) is 6.96. The average Bonchev–Trinajstić information content (AvgIpc) is 1.96. The molecule has 0 bridgehead atoms. The standard InChI is InChI=1S/C6H10N4O3/c1-2(11)8-3-4(7)9-6(13)10-5(3)12/h3-4H,7H2,1H3,(H,8,11)(H2,9,10,12,13). The minimum absolute atomic E-state index is 0.383. The molecule has 1 aliphatic rings. The van der Waals surface area contributed by atoms with Crippen molar-refractivity contribution in [2.45, 2.75) is 19.1 Å². The third-order valence-electron chi connectivity index (χ3n) is 1.53. The van der Waals surface area contributed by atoms with Gasteiger partial charge in [0, 0.05) is 6.92 Å². The summed E-state index contributed by atoms with van der Waals surface area (Å²) in [4.78, 5) is 32.4. The highest BCUT2D eigenvalue weighted by molar-refractivity contribution is 6.01. The highest BCUT2D eigenvalue weighted by Crippen LogP contribution is 1.94. The van der Waals surface area contributed by atoms with Crippen LogP contribution in [-0.4, -0.2) is 30.1 Å². The van der Waals surface area contributed by atoms with Crippen molar-refractivity contribution in [3.63, 3.8) is 0 Å². The zero-order valence-corrected chi connectivity index (χ0v) is 6.96. The van der Waals surface area contributed by atoms with Crippen molar-refractivity contribution in [3.05, 3.63) is 0 Å². The van der Waals surface area contributed by atoms with Crippen LogP contribution in [0.3, 0.4) is 0 Å². The Kier molecular flexibility index (Phi) is 2.47. The lowest BCUT2D eigenvalue weighted by molar-refractivity contribution is -0.128. The summed E-state index contributed by atoms with van der Waals surface area (Å²) in [6.07, 6.45) is -0.884. The average molecular weight is 186 g/mol. The van der Waals surface area contributed by atoms with Crippen molar-refractivity contribution >= 4 is 17.8 Å². The molecule has 7 heteroatoms. The van der Waals surface area contributed by atoms with Gasteiger partial charge in [-0.3, -0.25) is 14.9 Å². The van der Waals surface area contributed by atoms with Gasteiger partial charge in [0.15, 0.2) is 0 Å². The van der Waals surface area contributed by atoms with Gasteiger partial charge in [0.1, 0.15) is 12.2 Å². The maximum absolute atomic E-state index is 11.1. The molecule has 1 fully saturated rings. The fourth-order valence-corrected chi connectivity index (χ4v) is 0.998. The molecule has 1 rings (SSSR count). The normalized spacial score (nSPS) is 27.5. The third kappa shape index (κ3) is 2.15. The molecule has 13 heavy (non-hydrogen) atoms. The van der Waals surface area contributed by atoms with E-state index in [2.05, 4.69) is 10.6 Å². The van der Waals surface area contributed by atoms with E-state index in [1.165, 1.54) is 6.92 Å². The first-order valence-electron chi connectivity index (χ1n) is 3.65. The summed E-state index contributed by atoms with van der Waals surface area (Å²) < 4.78 is 0. The molecule has 2 atom stereocenters. The lowest BCUT2D eigenvalue weighted by Crippen LogP contribution is -2.69. The summed E-state index contributed by atoms with van der Waals surface area (Å²) in [6.45, 7) is 1.26. The van der Waals surface area contributed by atoms with Crippen LogP contribution in [-0.2, 0) is 9.59 Å². The van der Waals surface area contributed by atoms with Crippen molar-refractivity contribution in [2.24, 2.45) is 5.73 Å². The summed E-state index contributed by atoms with van der Waals surface area (Å²) in [5.74, 6) is -0.988. The molecule has 1 saturated heterocycles. The maximum Gasteiger partial charge on any atom is 0.322 e. The van der Waals surface area contributed by atoms with Crippen LogP contribution in [0.25, 0.3) is 0 Å². The maximum atomic E-state index is 11.1. The Balaban J connectivity index is 2.67. The number of imide groups is 1. The van der Waals surface area contributed by atoms with Crippen molar-refractivity contribution in [2.75, 3.05) is 0 Å². The van der Waals surface area contributed by atoms with Gasteiger partial charge in [0.25, 0.3) is 5.91 Å². The van der Waals surface area contributed by atoms with Crippen LogP contribution in [0.5, 0.6) is 0 Å². The van der Waals surface area contributed by atoms with E-state index in [4.69, 9.17) is 5.73 Å². The Hall–Kier alpha value is -1.63. The second kappa shape index (κ2) is 3.40. The first-order valence-corrected chi connectivity index (χ1v) is 3.65. The van der Waals surface area contributed by atoms with Crippen LogP contribution in [0, 0.1) is 0 Å². The number of urea groups is 1.